The summed E-state index contributed by atoms with van der Waals surface area (Å²) in [4.78, 5) is 0. The van der Waals surface area contributed by atoms with Crippen LogP contribution in [0.2, 0.25) is 0 Å². The van der Waals surface area contributed by atoms with Gasteiger partial charge < -0.3 is 10.2 Å². The van der Waals surface area contributed by atoms with Gasteiger partial charge in [-0.3, -0.25) is 0 Å². The predicted molar refractivity (Wildman–Crippen MR) is 70.8 cm³/mol. The molecular formula is C15H22O2. The lowest BCUT2D eigenvalue weighted by molar-refractivity contribution is 0.131. The second kappa shape index (κ2) is 5.99. The molecule has 0 fully saturated rings. The van der Waals surface area contributed by atoms with Crippen LogP contribution in [-0.4, -0.2) is 22.9 Å². The number of hydrogen-bond donors (Lipinski definition) is 2. The van der Waals surface area contributed by atoms with Crippen molar-refractivity contribution in [1.29, 1.82) is 0 Å². The summed E-state index contributed by atoms with van der Waals surface area (Å²) < 4.78 is 0. The molecule has 0 aliphatic rings. The quantitative estimate of drug-likeness (QED) is 0.743. The first-order valence-corrected chi connectivity index (χ1v) is 5.99. The van der Waals surface area contributed by atoms with E-state index in [9.17, 15) is 10.2 Å². The predicted octanol–water partition coefficient (Wildman–Crippen LogP) is 2.55. The Morgan fingerprint density at radius 1 is 1.29 bits per heavy atom. The van der Waals surface area contributed by atoms with E-state index in [1.54, 1.807) is 0 Å². The van der Waals surface area contributed by atoms with Gasteiger partial charge in [0.15, 0.2) is 0 Å². The van der Waals surface area contributed by atoms with E-state index in [0.717, 1.165) is 6.42 Å². The SMILES string of the molecule is C=C(C(O)CCc1ccccc1)C(C)(C)CO. The van der Waals surface area contributed by atoms with Crippen molar-refractivity contribution >= 4 is 0 Å². The van der Waals surface area contributed by atoms with Crippen molar-refractivity contribution in [3.63, 3.8) is 0 Å². The number of rotatable bonds is 6. The summed E-state index contributed by atoms with van der Waals surface area (Å²) in [6.07, 6.45) is 0.909. The van der Waals surface area contributed by atoms with E-state index in [0.29, 0.717) is 12.0 Å². The van der Waals surface area contributed by atoms with Crippen LogP contribution in [0.1, 0.15) is 25.8 Å². The van der Waals surface area contributed by atoms with Crippen molar-refractivity contribution in [1.82, 2.24) is 0 Å². The number of aliphatic hydroxyl groups is 2. The van der Waals surface area contributed by atoms with Gasteiger partial charge in [0, 0.05) is 5.41 Å². The fourth-order valence-corrected chi connectivity index (χ4v) is 1.67. The van der Waals surface area contributed by atoms with Gasteiger partial charge in [-0.1, -0.05) is 50.8 Å². The maximum Gasteiger partial charge on any atom is 0.0756 e. The molecule has 0 heterocycles. The van der Waals surface area contributed by atoms with E-state index in [4.69, 9.17) is 0 Å². The minimum atomic E-state index is -0.558. The second-order valence-corrected chi connectivity index (χ2v) is 5.11. The minimum absolute atomic E-state index is 0.00816. The van der Waals surface area contributed by atoms with Crippen LogP contribution in [0.25, 0.3) is 0 Å². The van der Waals surface area contributed by atoms with Gasteiger partial charge in [-0.2, -0.15) is 0 Å². The molecule has 17 heavy (non-hydrogen) atoms. The lowest BCUT2D eigenvalue weighted by Crippen LogP contribution is -2.27. The summed E-state index contributed by atoms with van der Waals surface area (Å²) in [5, 5.41) is 19.3. The fraction of sp³-hybridized carbons (Fsp3) is 0.467. The average molecular weight is 234 g/mol. The Morgan fingerprint density at radius 2 is 1.88 bits per heavy atom. The van der Waals surface area contributed by atoms with E-state index in [1.165, 1.54) is 5.56 Å². The molecule has 2 heteroatoms. The summed E-state index contributed by atoms with van der Waals surface area (Å²) in [6.45, 7) is 7.69. The molecule has 1 aromatic carbocycles. The van der Waals surface area contributed by atoms with Crippen LogP contribution in [0.15, 0.2) is 42.5 Å². The van der Waals surface area contributed by atoms with Crippen molar-refractivity contribution in [3.8, 4) is 0 Å². The molecule has 0 amide bonds. The van der Waals surface area contributed by atoms with Crippen LogP contribution >= 0.6 is 0 Å². The van der Waals surface area contributed by atoms with Gasteiger partial charge in [-0.05, 0) is 24.0 Å². The first-order chi connectivity index (χ1) is 7.97. The summed E-state index contributed by atoms with van der Waals surface area (Å²) in [5.41, 5.74) is 1.49. The highest BCUT2D eigenvalue weighted by Crippen LogP contribution is 2.28. The Balaban J connectivity index is 2.50. The van der Waals surface area contributed by atoms with Crippen LogP contribution in [0.4, 0.5) is 0 Å². The average Bonchev–Trinajstić information content (AvgIpc) is 2.36. The molecule has 0 saturated carbocycles. The molecule has 0 aliphatic heterocycles. The van der Waals surface area contributed by atoms with E-state index >= 15 is 0 Å². The molecule has 2 nitrogen and oxygen atoms in total. The van der Waals surface area contributed by atoms with Crippen LogP contribution in [0, 0.1) is 5.41 Å². The molecule has 2 N–H and O–H groups in total. The van der Waals surface area contributed by atoms with Gasteiger partial charge in [-0.15, -0.1) is 0 Å². The summed E-state index contributed by atoms with van der Waals surface area (Å²) >= 11 is 0. The lowest BCUT2D eigenvalue weighted by atomic mass is 9.81. The van der Waals surface area contributed by atoms with E-state index in [-0.39, 0.29) is 6.61 Å². The normalized spacial score (nSPS) is 13.4. The molecule has 0 radical (unpaired) electrons. The Bertz CT molecular complexity index is 354. The molecule has 94 valence electrons. The number of aryl methyl sites for hydroxylation is 1. The smallest absolute Gasteiger partial charge is 0.0756 e. The zero-order chi connectivity index (χ0) is 12.9. The largest absolute Gasteiger partial charge is 0.395 e. The highest BCUT2D eigenvalue weighted by Gasteiger charge is 2.25. The van der Waals surface area contributed by atoms with Crippen molar-refractivity contribution in [2.24, 2.45) is 5.41 Å². The minimum Gasteiger partial charge on any atom is -0.395 e. The first kappa shape index (κ1) is 13.9. The Kier molecular flexibility index (Phi) is 4.91. The molecular weight excluding hydrogens is 212 g/mol. The van der Waals surface area contributed by atoms with Crippen LogP contribution in [-0.2, 0) is 6.42 Å². The van der Waals surface area contributed by atoms with Crippen LogP contribution < -0.4 is 0 Å². The van der Waals surface area contributed by atoms with Crippen molar-refractivity contribution < 1.29 is 10.2 Å². The highest BCUT2D eigenvalue weighted by atomic mass is 16.3. The Morgan fingerprint density at radius 3 is 2.41 bits per heavy atom. The van der Waals surface area contributed by atoms with Gasteiger partial charge >= 0.3 is 0 Å². The summed E-state index contributed by atoms with van der Waals surface area (Å²) in [6, 6.07) is 10.1. The molecule has 0 aromatic heterocycles. The number of aliphatic hydroxyl groups excluding tert-OH is 2. The third-order valence-corrected chi connectivity index (χ3v) is 3.22. The molecule has 0 aliphatic carbocycles. The second-order valence-electron chi connectivity index (χ2n) is 5.11. The number of benzene rings is 1. The van der Waals surface area contributed by atoms with Gasteiger partial charge in [0.25, 0.3) is 0 Å². The standard InChI is InChI=1S/C15H22O2/c1-12(15(2,3)11-16)14(17)10-9-13-7-5-4-6-8-13/h4-8,14,16-17H,1,9-11H2,2-3H3. The molecule has 0 spiro atoms. The monoisotopic (exact) mass is 234 g/mol. The Labute approximate surface area is 104 Å². The maximum absolute atomic E-state index is 10.0. The van der Waals surface area contributed by atoms with Gasteiger partial charge in [-0.25, -0.2) is 0 Å². The fourth-order valence-electron chi connectivity index (χ4n) is 1.67. The van der Waals surface area contributed by atoms with Crippen LogP contribution in [0.5, 0.6) is 0 Å². The molecule has 0 saturated heterocycles. The number of hydrogen-bond acceptors (Lipinski definition) is 2. The first-order valence-electron chi connectivity index (χ1n) is 5.99. The van der Waals surface area contributed by atoms with Gasteiger partial charge in [0.05, 0.1) is 12.7 Å². The van der Waals surface area contributed by atoms with Crippen molar-refractivity contribution in [2.75, 3.05) is 6.61 Å². The molecule has 1 aromatic rings. The van der Waals surface area contributed by atoms with Crippen LogP contribution in [0.3, 0.4) is 0 Å². The third-order valence-electron chi connectivity index (χ3n) is 3.22. The third kappa shape index (κ3) is 3.99. The Hall–Kier alpha value is -1.12. The molecule has 1 rings (SSSR count). The van der Waals surface area contributed by atoms with Crippen molar-refractivity contribution in [2.45, 2.75) is 32.8 Å². The molecule has 1 unspecified atom stereocenters. The highest BCUT2D eigenvalue weighted by molar-refractivity contribution is 5.17. The molecule has 0 bridgehead atoms. The summed E-state index contributed by atoms with van der Waals surface area (Å²) in [5.74, 6) is 0. The lowest BCUT2D eigenvalue weighted by Gasteiger charge is -2.28. The van der Waals surface area contributed by atoms with Crippen molar-refractivity contribution in [3.05, 3.63) is 48.0 Å². The zero-order valence-corrected chi connectivity index (χ0v) is 10.7. The van der Waals surface area contributed by atoms with E-state index in [2.05, 4.69) is 6.58 Å². The summed E-state index contributed by atoms with van der Waals surface area (Å²) in [7, 11) is 0. The topological polar surface area (TPSA) is 40.5 Å². The van der Waals surface area contributed by atoms with Gasteiger partial charge in [0.2, 0.25) is 0 Å². The zero-order valence-electron chi connectivity index (χ0n) is 10.7. The maximum atomic E-state index is 10.0. The molecule has 1 atom stereocenters. The van der Waals surface area contributed by atoms with Gasteiger partial charge in [0.1, 0.15) is 0 Å². The van der Waals surface area contributed by atoms with E-state index in [1.807, 2.05) is 44.2 Å². The van der Waals surface area contributed by atoms with E-state index < -0.39 is 11.5 Å².